The van der Waals surface area contributed by atoms with E-state index in [0.29, 0.717) is 32.6 Å². The van der Waals surface area contributed by atoms with Crippen LogP contribution in [0, 0.1) is 15.9 Å². The summed E-state index contributed by atoms with van der Waals surface area (Å²) < 4.78 is 15.4. The molecule has 2 amide bonds. The summed E-state index contributed by atoms with van der Waals surface area (Å²) in [7, 11) is 0. The van der Waals surface area contributed by atoms with Crippen LogP contribution in [0.15, 0.2) is 97.2 Å². The second kappa shape index (κ2) is 14.0. The van der Waals surface area contributed by atoms with Gasteiger partial charge in [-0.05, 0) is 47.9 Å². The third-order valence-electron chi connectivity index (χ3n) is 6.81. The number of nitro groups is 1. The Bertz CT molecular complexity index is 1470. The highest BCUT2D eigenvalue weighted by atomic mass is 19.1. The predicted molar refractivity (Wildman–Crippen MR) is 155 cm³/mol. The lowest BCUT2D eigenvalue weighted by atomic mass is 10.1. The number of rotatable bonds is 13. The van der Waals surface area contributed by atoms with Crippen LogP contribution in [0.1, 0.15) is 46.9 Å². The van der Waals surface area contributed by atoms with Gasteiger partial charge in [-0.2, -0.15) is 0 Å². The summed E-state index contributed by atoms with van der Waals surface area (Å²) in [6.07, 6.45) is 3.42. The molecule has 0 unspecified atom stereocenters. The minimum atomic E-state index is -0.541. The zero-order valence-electron chi connectivity index (χ0n) is 23.0. The van der Waals surface area contributed by atoms with E-state index in [9.17, 15) is 24.1 Å². The molecule has 0 saturated heterocycles. The van der Waals surface area contributed by atoms with Crippen LogP contribution in [-0.4, -0.2) is 44.2 Å². The first-order chi connectivity index (χ1) is 19.8. The Hall–Kier alpha value is -4.79. The number of aromatic nitrogens is 1. The maximum Gasteiger partial charge on any atom is 0.270 e. The Kier molecular flexibility index (Phi) is 9.99. The van der Waals surface area contributed by atoms with Crippen LogP contribution in [0.25, 0.3) is 0 Å². The van der Waals surface area contributed by atoms with E-state index in [4.69, 9.17) is 0 Å². The standard InChI is InChI=1S/C32H33FN4O4/c1-2-3-18-35(32(39)27-11-7-12-29(20-27)37(40)41)24-31(38)36(22-25-9-5-4-6-10-25)23-30-13-8-19-34(30)21-26-14-16-28(33)17-15-26/h4-17,19-20H,2-3,18,21-24H2,1H3. The molecule has 4 aromatic rings. The molecule has 0 saturated carbocycles. The van der Waals surface area contributed by atoms with Crippen LogP contribution in [0.3, 0.4) is 0 Å². The molecule has 41 heavy (non-hydrogen) atoms. The monoisotopic (exact) mass is 556 g/mol. The van der Waals surface area contributed by atoms with E-state index >= 15 is 0 Å². The van der Waals surface area contributed by atoms with Gasteiger partial charge < -0.3 is 14.4 Å². The fourth-order valence-corrected chi connectivity index (χ4v) is 4.57. The normalized spacial score (nSPS) is 10.8. The number of benzene rings is 3. The molecule has 0 atom stereocenters. The van der Waals surface area contributed by atoms with Crippen molar-refractivity contribution in [2.75, 3.05) is 13.1 Å². The summed E-state index contributed by atoms with van der Waals surface area (Å²) in [5.74, 6) is -0.957. The Morgan fingerprint density at radius 2 is 1.63 bits per heavy atom. The van der Waals surface area contributed by atoms with Crippen molar-refractivity contribution >= 4 is 17.5 Å². The minimum absolute atomic E-state index is 0.160. The molecular formula is C32H33FN4O4. The number of hydrogen-bond acceptors (Lipinski definition) is 4. The second-order valence-corrected chi connectivity index (χ2v) is 9.88. The third-order valence-corrected chi connectivity index (χ3v) is 6.81. The smallest absolute Gasteiger partial charge is 0.270 e. The molecule has 0 fully saturated rings. The summed E-state index contributed by atoms with van der Waals surface area (Å²) in [6, 6.07) is 25.4. The Morgan fingerprint density at radius 1 is 0.878 bits per heavy atom. The van der Waals surface area contributed by atoms with Crippen LogP contribution < -0.4 is 0 Å². The number of hydrogen-bond donors (Lipinski definition) is 0. The average molecular weight is 557 g/mol. The molecule has 212 valence electrons. The first-order valence-electron chi connectivity index (χ1n) is 13.6. The topological polar surface area (TPSA) is 88.7 Å². The van der Waals surface area contributed by atoms with Gasteiger partial charge in [0.15, 0.2) is 0 Å². The molecule has 9 heteroatoms. The fraction of sp³-hybridized carbons (Fsp3) is 0.250. The predicted octanol–water partition coefficient (Wildman–Crippen LogP) is 6.06. The van der Waals surface area contributed by atoms with Crippen molar-refractivity contribution < 1.29 is 18.9 Å². The van der Waals surface area contributed by atoms with Crippen molar-refractivity contribution in [2.45, 2.75) is 39.4 Å². The maximum atomic E-state index is 13.8. The van der Waals surface area contributed by atoms with Crippen molar-refractivity contribution in [3.8, 4) is 0 Å². The van der Waals surface area contributed by atoms with Gasteiger partial charge in [-0.3, -0.25) is 19.7 Å². The second-order valence-electron chi connectivity index (χ2n) is 9.88. The van der Waals surface area contributed by atoms with E-state index in [1.807, 2.05) is 60.2 Å². The lowest BCUT2D eigenvalue weighted by Gasteiger charge is -2.28. The van der Waals surface area contributed by atoms with Gasteiger partial charge in [0.25, 0.3) is 11.6 Å². The summed E-state index contributed by atoms with van der Waals surface area (Å²) in [5, 5.41) is 11.3. The van der Waals surface area contributed by atoms with Crippen molar-refractivity contribution in [1.82, 2.24) is 14.4 Å². The first kappa shape index (κ1) is 29.2. The van der Waals surface area contributed by atoms with E-state index < -0.39 is 10.8 Å². The number of nitro benzene ring substituents is 1. The largest absolute Gasteiger partial charge is 0.345 e. The van der Waals surface area contributed by atoms with Gasteiger partial charge in [-0.25, -0.2) is 4.39 Å². The van der Waals surface area contributed by atoms with E-state index in [1.54, 1.807) is 17.0 Å². The van der Waals surface area contributed by atoms with Gasteiger partial charge in [0.05, 0.1) is 11.5 Å². The molecule has 1 aromatic heterocycles. The van der Waals surface area contributed by atoms with Crippen LogP contribution >= 0.6 is 0 Å². The van der Waals surface area contributed by atoms with Gasteiger partial charge in [0, 0.05) is 49.2 Å². The number of non-ortho nitro benzene ring substituents is 1. The summed E-state index contributed by atoms with van der Waals surface area (Å²) in [5.41, 5.74) is 2.76. The lowest BCUT2D eigenvalue weighted by Crippen LogP contribution is -2.43. The van der Waals surface area contributed by atoms with Crippen molar-refractivity contribution in [3.05, 3.63) is 136 Å². The Morgan fingerprint density at radius 3 is 2.34 bits per heavy atom. The molecule has 0 spiro atoms. The van der Waals surface area contributed by atoms with E-state index in [2.05, 4.69) is 0 Å². The lowest BCUT2D eigenvalue weighted by molar-refractivity contribution is -0.384. The zero-order chi connectivity index (χ0) is 29.2. The molecular weight excluding hydrogens is 523 g/mol. The number of carbonyl (C=O) groups excluding carboxylic acids is 2. The molecule has 1 heterocycles. The number of carbonyl (C=O) groups is 2. The number of amides is 2. The van der Waals surface area contributed by atoms with Gasteiger partial charge >= 0.3 is 0 Å². The minimum Gasteiger partial charge on any atom is -0.345 e. The highest BCUT2D eigenvalue weighted by Crippen LogP contribution is 2.18. The number of nitrogens with zero attached hydrogens (tertiary/aromatic N) is 4. The summed E-state index contributed by atoms with van der Waals surface area (Å²) >= 11 is 0. The highest BCUT2D eigenvalue weighted by molar-refractivity contribution is 5.97. The number of halogens is 1. The molecule has 0 bridgehead atoms. The van der Waals surface area contributed by atoms with E-state index in [0.717, 1.165) is 23.2 Å². The molecule has 0 aliphatic heterocycles. The highest BCUT2D eigenvalue weighted by Gasteiger charge is 2.24. The molecule has 0 N–H and O–H groups in total. The number of unbranched alkanes of at least 4 members (excludes halogenated alkanes) is 1. The van der Waals surface area contributed by atoms with Crippen LogP contribution in [0.2, 0.25) is 0 Å². The Labute approximate surface area is 238 Å². The quantitative estimate of drug-likeness (QED) is 0.148. The summed E-state index contributed by atoms with van der Waals surface area (Å²) in [4.78, 5) is 41.2. The van der Waals surface area contributed by atoms with Crippen molar-refractivity contribution in [1.29, 1.82) is 0 Å². The van der Waals surface area contributed by atoms with Gasteiger partial charge in [0.1, 0.15) is 12.4 Å². The van der Waals surface area contributed by atoms with Gasteiger partial charge in [0.2, 0.25) is 5.91 Å². The molecule has 0 aliphatic rings. The van der Waals surface area contributed by atoms with Crippen LogP contribution in [0.5, 0.6) is 0 Å². The fourth-order valence-electron chi connectivity index (χ4n) is 4.57. The zero-order valence-corrected chi connectivity index (χ0v) is 23.0. The third kappa shape index (κ3) is 8.11. The van der Waals surface area contributed by atoms with Crippen LogP contribution in [0.4, 0.5) is 10.1 Å². The van der Waals surface area contributed by atoms with Crippen molar-refractivity contribution in [3.63, 3.8) is 0 Å². The molecule has 0 radical (unpaired) electrons. The summed E-state index contributed by atoms with van der Waals surface area (Å²) in [6.45, 7) is 3.35. The molecule has 4 rings (SSSR count). The SMILES string of the molecule is CCCCN(CC(=O)N(Cc1ccccc1)Cc1cccn1Cc1ccc(F)cc1)C(=O)c1cccc([N+](=O)[O-])c1. The molecule has 8 nitrogen and oxygen atoms in total. The van der Waals surface area contributed by atoms with Crippen molar-refractivity contribution in [2.24, 2.45) is 0 Å². The van der Waals surface area contributed by atoms with Gasteiger partial charge in [-0.15, -0.1) is 0 Å². The first-order valence-corrected chi connectivity index (χ1v) is 13.6. The molecule has 0 aliphatic carbocycles. The average Bonchev–Trinajstić information content (AvgIpc) is 3.42. The van der Waals surface area contributed by atoms with E-state index in [-0.39, 0.29) is 29.5 Å². The van der Waals surface area contributed by atoms with Crippen LogP contribution in [-0.2, 0) is 24.4 Å². The maximum absolute atomic E-state index is 13.8. The van der Waals surface area contributed by atoms with Gasteiger partial charge in [-0.1, -0.05) is 61.9 Å². The van der Waals surface area contributed by atoms with E-state index in [1.165, 1.54) is 41.3 Å². The Balaban J connectivity index is 1.57. The molecule has 3 aromatic carbocycles.